The fourth-order valence-electron chi connectivity index (χ4n) is 1.91. The van der Waals surface area contributed by atoms with Crippen molar-refractivity contribution in [2.75, 3.05) is 25.6 Å². The van der Waals surface area contributed by atoms with Crippen LogP contribution in [0, 0.1) is 0 Å². The van der Waals surface area contributed by atoms with Crippen LogP contribution in [0.15, 0.2) is 54.6 Å². The molecular weight excluding hydrogens is 280 g/mol. The lowest BCUT2D eigenvalue weighted by Crippen LogP contribution is -2.31. The van der Waals surface area contributed by atoms with Crippen molar-refractivity contribution in [3.05, 3.63) is 54.6 Å². The number of ether oxygens (including phenoxy) is 1. The van der Waals surface area contributed by atoms with Crippen LogP contribution < -0.4 is 10.2 Å². The fraction of sp³-hybridized carbons (Fsp3) is 0.176. The number of benzene rings is 2. The van der Waals surface area contributed by atoms with E-state index < -0.39 is 6.09 Å². The molecule has 0 aromatic heterocycles. The van der Waals surface area contributed by atoms with Crippen LogP contribution in [0.3, 0.4) is 0 Å². The number of anilines is 1. The Morgan fingerprint density at radius 2 is 1.59 bits per heavy atom. The molecule has 114 valence electrons. The Labute approximate surface area is 129 Å². The molecule has 5 nitrogen and oxygen atoms in total. The number of carbonyl (C=O) groups is 2. The van der Waals surface area contributed by atoms with Gasteiger partial charge in [0.05, 0.1) is 0 Å². The molecule has 2 aromatic carbocycles. The van der Waals surface area contributed by atoms with E-state index >= 15 is 0 Å². The molecule has 2 aromatic rings. The summed E-state index contributed by atoms with van der Waals surface area (Å²) in [7, 11) is 3.09. The van der Waals surface area contributed by atoms with E-state index in [-0.39, 0.29) is 12.5 Å². The highest BCUT2D eigenvalue weighted by atomic mass is 16.6. The van der Waals surface area contributed by atoms with E-state index in [1.807, 2.05) is 54.6 Å². The van der Waals surface area contributed by atoms with Gasteiger partial charge in [0.2, 0.25) is 0 Å². The van der Waals surface area contributed by atoms with Gasteiger partial charge in [-0.3, -0.25) is 9.69 Å². The number of amides is 2. The largest absolute Gasteiger partial charge is 0.439 e. The lowest BCUT2D eigenvalue weighted by molar-refractivity contribution is -0.123. The number of nitrogens with zero attached hydrogens (tertiary/aromatic N) is 1. The van der Waals surface area contributed by atoms with Crippen LogP contribution in [-0.4, -0.2) is 32.7 Å². The molecule has 0 atom stereocenters. The zero-order chi connectivity index (χ0) is 15.9. The van der Waals surface area contributed by atoms with Crippen molar-refractivity contribution in [3.63, 3.8) is 0 Å². The van der Waals surface area contributed by atoms with Gasteiger partial charge in [0.25, 0.3) is 5.91 Å². The van der Waals surface area contributed by atoms with Crippen molar-refractivity contribution in [1.82, 2.24) is 5.32 Å². The topological polar surface area (TPSA) is 58.6 Å². The van der Waals surface area contributed by atoms with Gasteiger partial charge in [-0.25, -0.2) is 4.79 Å². The molecule has 0 unspecified atom stereocenters. The lowest BCUT2D eigenvalue weighted by Gasteiger charge is -2.17. The molecule has 0 aliphatic heterocycles. The third-order valence-electron chi connectivity index (χ3n) is 3.24. The van der Waals surface area contributed by atoms with Crippen molar-refractivity contribution >= 4 is 17.7 Å². The Morgan fingerprint density at radius 3 is 2.18 bits per heavy atom. The first-order valence-electron chi connectivity index (χ1n) is 6.88. The second-order valence-electron chi connectivity index (χ2n) is 4.70. The Hall–Kier alpha value is -2.82. The highest BCUT2D eigenvalue weighted by molar-refractivity contribution is 5.89. The Bertz CT molecular complexity index is 639. The molecule has 0 saturated heterocycles. The summed E-state index contributed by atoms with van der Waals surface area (Å²) >= 11 is 0. The number of rotatable bonds is 4. The number of carbonyl (C=O) groups excluding carboxylic acids is 2. The van der Waals surface area contributed by atoms with E-state index in [9.17, 15) is 9.59 Å². The molecule has 2 amide bonds. The molecule has 0 aliphatic carbocycles. The first-order chi connectivity index (χ1) is 10.6. The second-order valence-corrected chi connectivity index (χ2v) is 4.70. The molecule has 0 heterocycles. The van der Waals surface area contributed by atoms with Crippen LogP contribution >= 0.6 is 0 Å². The molecular formula is C17H18N2O3. The highest BCUT2D eigenvalue weighted by Crippen LogP contribution is 2.22. The third-order valence-corrected chi connectivity index (χ3v) is 3.24. The van der Waals surface area contributed by atoms with E-state index in [2.05, 4.69) is 5.32 Å². The van der Waals surface area contributed by atoms with Crippen molar-refractivity contribution in [1.29, 1.82) is 0 Å². The predicted octanol–water partition coefficient (Wildman–Crippen LogP) is 2.67. The van der Waals surface area contributed by atoms with Crippen LogP contribution in [0.4, 0.5) is 10.5 Å². The van der Waals surface area contributed by atoms with Gasteiger partial charge in [-0.15, -0.1) is 0 Å². The summed E-state index contributed by atoms with van der Waals surface area (Å²) in [6, 6.07) is 17.5. The molecule has 0 fully saturated rings. The van der Waals surface area contributed by atoms with Crippen molar-refractivity contribution in [2.45, 2.75) is 0 Å². The molecule has 0 aliphatic rings. The summed E-state index contributed by atoms with van der Waals surface area (Å²) in [6.45, 7) is -0.290. The summed E-state index contributed by atoms with van der Waals surface area (Å²) < 4.78 is 4.90. The van der Waals surface area contributed by atoms with E-state index in [0.717, 1.165) is 11.1 Å². The van der Waals surface area contributed by atoms with Crippen molar-refractivity contribution < 1.29 is 14.3 Å². The highest BCUT2D eigenvalue weighted by Gasteiger charge is 2.13. The maximum atomic E-state index is 11.8. The van der Waals surface area contributed by atoms with Gasteiger partial charge in [-0.2, -0.15) is 0 Å². The van der Waals surface area contributed by atoms with Gasteiger partial charge < -0.3 is 10.1 Å². The number of nitrogens with one attached hydrogen (secondary N) is 1. The first-order valence-corrected chi connectivity index (χ1v) is 6.88. The lowest BCUT2D eigenvalue weighted by atomic mass is 10.1. The summed E-state index contributed by atoms with van der Waals surface area (Å²) in [5, 5.41) is 2.39. The van der Waals surface area contributed by atoms with Crippen LogP contribution in [0.1, 0.15) is 0 Å². The van der Waals surface area contributed by atoms with Gasteiger partial charge in [0, 0.05) is 19.8 Å². The molecule has 0 saturated carbocycles. The quantitative estimate of drug-likeness (QED) is 0.944. The summed E-state index contributed by atoms with van der Waals surface area (Å²) in [6.07, 6.45) is -0.573. The van der Waals surface area contributed by atoms with E-state index in [0.29, 0.717) is 5.69 Å². The van der Waals surface area contributed by atoms with Crippen LogP contribution in [0.2, 0.25) is 0 Å². The van der Waals surface area contributed by atoms with E-state index in [4.69, 9.17) is 4.74 Å². The van der Waals surface area contributed by atoms with Crippen molar-refractivity contribution in [3.8, 4) is 11.1 Å². The van der Waals surface area contributed by atoms with Crippen molar-refractivity contribution in [2.24, 2.45) is 0 Å². The predicted molar refractivity (Wildman–Crippen MR) is 85.7 cm³/mol. The maximum Gasteiger partial charge on any atom is 0.414 e. The van der Waals surface area contributed by atoms with E-state index in [1.54, 1.807) is 7.05 Å². The molecule has 5 heteroatoms. The Morgan fingerprint density at radius 1 is 1.00 bits per heavy atom. The Kier molecular flexibility index (Phi) is 5.14. The average Bonchev–Trinajstić information content (AvgIpc) is 2.59. The number of hydrogen-bond donors (Lipinski definition) is 1. The monoisotopic (exact) mass is 298 g/mol. The van der Waals surface area contributed by atoms with Gasteiger partial charge in [-0.1, -0.05) is 42.5 Å². The van der Waals surface area contributed by atoms with Gasteiger partial charge in [-0.05, 0) is 23.3 Å². The van der Waals surface area contributed by atoms with Crippen LogP contribution in [0.25, 0.3) is 11.1 Å². The number of hydrogen-bond acceptors (Lipinski definition) is 3. The molecule has 2 rings (SSSR count). The van der Waals surface area contributed by atoms with Gasteiger partial charge >= 0.3 is 6.09 Å². The van der Waals surface area contributed by atoms with Crippen LogP contribution in [-0.2, 0) is 9.53 Å². The van der Waals surface area contributed by atoms with Gasteiger partial charge in [0.15, 0.2) is 6.61 Å². The SMILES string of the molecule is CNC(=O)COC(=O)N(C)c1ccc(-c2ccccc2)cc1. The molecule has 22 heavy (non-hydrogen) atoms. The molecule has 0 bridgehead atoms. The summed E-state index contributed by atoms with van der Waals surface area (Å²) in [5.74, 6) is -0.346. The summed E-state index contributed by atoms with van der Waals surface area (Å²) in [4.78, 5) is 24.3. The molecule has 0 radical (unpaired) electrons. The van der Waals surface area contributed by atoms with E-state index in [1.165, 1.54) is 11.9 Å². The normalized spacial score (nSPS) is 9.91. The summed E-state index contributed by atoms with van der Waals surface area (Å²) in [5.41, 5.74) is 2.87. The first kappa shape index (κ1) is 15.6. The smallest absolute Gasteiger partial charge is 0.414 e. The average molecular weight is 298 g/mol. The third kappa shape index (κ3) is 3.85. The zero-order valence-corrected chi connectivity index (χ0v) is 12.6. The molecule has 1 N–H and O–H groups in total. The zero-order valence-electron chi connectivity index (χ0n) is 12.6. The minimum atomic E-state index is -0.573. The number of likely N-dealkylation sites (N-methyl/N-ethyl adjacent to an activating group) is 1. The van der Waals surface area contributed by atoms with Crippen LogP contribution in [0.5, 0.6) is 0 Å². The maximum absolute atomic E-state index is 11.8. The van der Waals surface area contributed by atoms with Gasteiger partial charge in [0.1, 0.15) is 0 Å². The minimum Gasteiger partial charge on any atom is -0.439 e. The molecule has 0 spiro atoms. The second kappa shape index (κ2) is 7.26. The minimum absolute atomic E-state index is 0.290. The fourth-order valence-corrected chi connectivity index (χ4v) is 1.91. The standard InChI is InChI=1S/C17H18N2O3/c1-18-16(20)12-22-17(21)19(2)15-10-8-14(9-11-15)13-6-4-3-5-7-13/h3-11H,12H2,1-2H3,(H,18,20). The Balaban J connectivity index is 2.03.